The topological polar surface area (TPSA) is 60.2 Å². The number of nitrogens with zero attached hydrogens (tertiary/aromatic N) is 3. The highest BCUT2D eigenvalue weighted by Crippen LogP contribution is 2.35. The Hall–Kier alpha value is -0.940. The molecule has 1 saturated heterocycles. The Bertz CT molecular complexity index is 339. The lowest BCUT2D eigenvalue weighted by atomic mass is 9.93. The molecule has 1 aromatic rings. The van der Waals surface area contributed by atoms with Crippen LogP contribution in [0.1, 0.15) is 32.4 Å². The highest BCUT2D eigenvalue weighted by atomic mass is 16.5. The summed E-state index contributed by atoms with van der Waals surface area (Å²) in [6, 6.07) is 0. The van der Waals surface area contributed by atoms with E-state index >= 15 is 0 Å². The van der Waals surface area contributed by atoms with Crippen molar-refractivity contribution in [3.05, 3.63) is 11.9 Å². The second kappa shape index (κ2) is 3.90. The third-order valence-corrected chi connectivity index (χ3v) is 3.02. The molecule has 0 radical (unpaired) electrons. The van der Waals surface area contributed by atoms with Gasteiger partial charge in [-0.25, -0.2) is 4.68 Å². The molecule has 84 valence electrons. The number of hydrogen-bond donors (Lipinski definition) is 1. The summed E-state index contributed by atoms with van der Waals surface area (Å²) in [6.45, 7) is 5.33. The van der Waals surface area contributed by atoms with Crippen LogP contribution < -0.4 is 0 Å². The largest absolute Gasteiger partial charge is 0.381 e. The maximum Gasteiger partial charge on any atom is 0.136 e. The lowest BCUT2D eigenvalue weighted by Crippen LogP contribution is -2.35. The molecule has 2 heterocycles. The Morgan fingerprint density at radius 2 is 2.53 bits per heavy atom. The molecule has 1 N–H and O–H groups in total. The first-order chi connectivity index (χ1) is 7.18. The van der Waals surface area contributed by atoms with E-state index in [1.165, 1.54) is 0 Å². The lowest BCUT2D eigenvalue weighted by molar-refractivity contribution is -0.0378. The molecule has 2 unspecified atom stereocenters. The molecule has 5 heteroatoms. The number of aryl methyl sites for hydroxylation is 1. The predicted octanol–water partition coefficient (Wildman–Crippen LogP) is 0.684. The Morgan fingerprint density at radius 1 is 1.73 bits per heavy atom. The fourth-order valence-electron chi connectivity index (χ4n) is 2.04. The van der Waals surface area contributed by atoms with Gasteiger partial charge < -0.3 is 9.84 Å². The standard InChI is InChI=1S/C10H17N3O2/c1-3-5-13-9(7-11-12-13)10(14)4-6-15-8(10)2/h7-8,14H,3-6H2,1-2H3. The van der Waals surface area contributed by atoms with Crippen molar-refractivity contribution in [2.24, 2.45) is 0 Å². The average Bonchev–Trinajstić information content (AvgIpc) is 2.77. The Morgan fingerprint density at radius 3 is 3.13 bits per heavy atom. The zero-order valence-corrected chi connectivity index (χ0v) is 9.18. The summed E-state index contributed by atoms with van der Waals surface area (Å²) in [6.07, 6.45) is 3.04. The number of rotatable bonds is 3. The molecule has 2 rings (SSSR count). The van der Waals surface area contributed by atoms with Gasteiger partial charge in [0.1, 0.15) is 5.60 Å². The third-order valence-electron chi connectivity index (χ3n) is 3.02. The SMILES string of the molecule is CCCn1nncc1C1(O)CCOC1C. The summed E-state index contributed by atoms with van der Waals surface area (Å²) in [5.74, 6) is 0. The molecule has 0 spiro atoms. The van der Waals surface area contributed by atoms with Gasteiger partial charge in [0.05, 0.1) is 24.6 Å². The van der Waals surface area contributed by atoms with Crippen molar-refractivity contribution in [2.45, 2.75) is 44.9 Å². The van der Waals surface area contributed by atoms with E-state index in [4.69, 9.17) is 4.74 Å². The summed E-state index contributed by atoms with van der Waals surface area (Å²) in [7, 11) is 0. The van der Waals surface area contributed by atoms with E-state index in [0.717, 1.165) is 18.7 Å². The molecule has 1 aliphatic rings. The minimum absolute atomic E-state index is 0.188. The van der Waals surface area contributed by atoms with Gasteiger partial charge in [0.25, 0.3) is 0 Å². The fraction of sp³-hybridized carbons (Fsp3) is 0.800. The van der Waals surface area contributed by atoms with Crippen molar-refractivity contribution in [2.75, 3.05) is 6.61 Å². The average molecular weight is 211 g/mol. The number of ether oxygens (including phenoxy) is 1. The molecule has 0 bridgehead atoms. The van der Waals surface area contributed by atoms with E-state index in [2.05, 4.69) is 17.2 Å². The third kappa shape index (κ3) is 1.66. The zero-order valence-electron chi connectivity index (χ0n) is 9.18. The molecule has 5 nitrogen and oxygen atoms in total. The van der Waals surface area contributed by atoms with E-state index in [1.807, 2.05) is 6.92 Å². The van der Waals surface area contributed by atoms with Gasteiger partial charge in [0.2, 0.25) is 0 Å². The van der Waals surface area contributed by atoms with Crippen LogP contribution in [0.4, 0.5) is 0 Å². The monoisotopic (exact) mass is 211 g/mol. The highest BCUT2D eigenvalue weighted by Gasteiger charge is 2.43. The Balaban J connectivity index is 2.31. The van der Waals surface area contributed by atoms with E-state index in [0.29, 0.717) is 13.0 Å². The van der Waals surface area contributed by atoms with Crippen molar-refractivity contribution in [1.82, 2.24) is 15.0 Å². The molecular formula is C10H17N3O2. The van der Waals surface area contributed by atoms with E-state index in [1.54, 1.807) is 10.9 Å². The molecule has 0 saturated carbocycles. The molecule has 0 aliphatic carbocycles. The van der Waals surface area contributed by atoms with Gasteiger partial charge >= 0.3 is 0 Å². The van der Waals surface area contributed by atoms with Gasteiger partial charge in [0, 0.05) is 13.0 Å². The van der Waals surface area contributed by atoms with Crippen LogP contribution >= 0.6 is 0 Å². The summed E-state index contributed by atoms with van der Waals surface area (Å²) < 4.78 is 7.18. The van der Waals surface area contributed by atoms with Gasteiger partial charge in [-0.1, -0.05) is 12.1 Å². The second-order valence-corrected chi connectivity index (χ2v) is 4.03. The molecule has 1 aliphatic heterocycles. The Labute approximate surface area is 89.0 Å². The van der Waals surface area contributed by atoms with Crippen molar-refractivity contribution in [1.29, 1.82) is 0 Å². The first-order valence-electron chi connectivity index (χ1n) is 5.41. The molecule has 2 atom stereocenters. The van der Waals surface area contributed by atoms with Crippen molar-refractivity contribution >= 4 is 0 Å². The van der Waals surface area contributed by atoms with Crippen LogP contribution in [-0.4, -0.2) is 32.8 Å². The predicted molar refractivity (Wildman–Crippen MR) is 54.2 cm³/mol. The van der Waals surface area contributed by atoms with E-state index in [-0.39, 0.29) is 6.10 Å². The summed E-state index contributed by atoms with van der Waals surface area (Å²) in [4.78, 5) is 0. The molecule has 0 amide bonds. The van der Waals surface area contributed by atoms with Crippen LogP contribution in [0.5, 0.6) is 0 Å². The normalized spacial score (nSPS) is 31.0. The Kier molecular flexibility index (Phi) is 2.75. The van der Waals surface area contributed by atoms with Gasteiger partial charge in [-0.15, -0.1) is 5.10 Å². The van der Waals surface area contributed by atoms with Crippen LogP contribution in [0.2, 0.25) is 0 Å². The van der Waals surface area contributed by atoms with Crippen LogP contribution in [0.3, 0.4) is 0 Å². The smallest absolute Gasteiger partial charge is 0.136 e. The van der Waals surface area contributed by atoms with E-state index < -0.39 is 5.60 Å². The van der Waals surface area contributed by atoms with Gasteiger partial charge in [-0.3, -0.25) is 0 Å². The number of aliphatic hydroxyl groups is 1. The van der Waals surface area contributed by atoms with Crippen molar-refractivity contribution < 1.29 is 9.84 Å². The molecule has 0 aromatic carbocycles. The summed E-state index contributed by atoms with van der Waals surface area (Å²) in [5, 5.41) is 18.3. The molecular weight excluding hydrogens is 194 g/mol. The first kappa shape index (κ1) is 10.6. The molecule has 15 heavy (non-hydrogen) atoms. The van der Waals surface area contributed by atoms with Crippen molar-refractivity contribution in [3.8, 4) is 0 Å². The molecule has 1 fully saturated rings. The highest BCUT2D eigenvalue weighted by molar-refractivity contribution is 5.12. The maximum absolute atomic E-state index is 10.5. The van der Waals surface area contributed by atoms with Crippen LogP contribution in [0.15, 0.2) is 6.20 Å². The minimum atomic E-state index is -0.918. The number of aromatic nitrogens is 3. The maximum atomic E-state index is 10.5. The van der Waals surface area contributed by atoms with E-state index in [9.17, 15) is 5.11 Å². The quantitative estimate of drug-likeness (QED) is 0.799. The fourth-order valence-corrected chi connectivity index (χ4v) is 2.04. The molecule has 1 aromatic heterocycles. The number of hydrogen-bond acceptors (Lipinski definition) is 4. The van der Waals surface area contributed by atoms with Crippen molar-refractivity contribution in [3.63, 3.8) is 0 Å². The van der Waals surface area contributed by atoms with Crippen LogP contribution in [0, 0.1) is 0 Å². The van der Waals surface area contributed by atoms with Gasteiger partial charge in [-0.05, 0) is 13.3 Å². The summed E-state index contributed by atoms with van der Waals surface area (Å²) >= 11 is 0. The minimum Gasteiger partial charge on any atom is -0.381 e. The van der Waals surface area contributed by atoms with Gasteiger partial charge in [0.15, 0.2) is 0 Å². The second-order valence-electron chi connectivity index (χ2n) is 4.03. The lowest BCUT2D eigenvalue weighted by Gasteiger charge is -2.25. The first-order valence-corrected chi connectivity index (χ1v) is 5.41. The zero-order chi connectivity index (χ0) is 10.9. The van der Waals surface area contributed by atoms with Crippen LogP contribution in [-0.2, 0) is 16.9 Å². The van der Waals surface area contributed by atoms with Gasteiger partial charge in [-0.2, -0.15) is 0 Å². The van der Waals surface area contributed by atoms with Crippen LogP contribution in [0.25, 0.3) is 0 Å². The summed E-state index contributed by atoms with van der Waals surface area (Å²) in [5.41, 5.74) is -0.145.